The summed E-state index contributed by atoms with van der Waals surface area (Å²) in [4.78, 5) is 8.34. The molecule has 1 N–H and O–H groups in total. The van der Waals surface area contributed by atoms with E-state index in [4.69, 9.17) is 0 Å². The molecule has 4 heteroatoms. The summed E-state index contributed by atoms with van der Waals surface area (Å²) in [6, 6.07) is 15.0. The summed E-state index contributed by atoms with van der Waals surface area (Å²) in [6.45, 7) is 3.01. The number of rotatable bonds is 6. The van der Waals surface area contributed by atoms with Crippen molar-refractivity contribution in [3.8, 4) is 0 Å². The van der Waals surface area contributed by atoms with Gasteiger partial charge in [-0.3, -0.25) is 4.98 Å². The van der Waals surface area contributed by atoms with E-state index in [9.17, 15) is 0 Å². The van der Waals surface area contributed by atoms with Gasteiger partial charge in [0.05, 0.1) is 12.4 Å². The van der Waals surface area contributed by atoms with Crippen LogP contribution in [0.2, 0.25) is 0 Å². The van der Waals surface area contributed by atoms with E-state index in [0.717, 1.165) is 6.54 Å². The molecule has 2 aromatic heterocycles. The highest BCUT2D eigenvalue weighted by Crippen LogP contribution is 2.20. The zero-order chi connectivity index (χ0) is 15.2. The molecule has 2 heterocycles. The van der Waals surface area contributed by atoms with Crippen LogP contribution in [0, 0.1) is 0 Å². The summed E-state index contributed by atoms with van der Waals surface area (Å²) in [5, 5.41) is 3.70. The van der Waals surface area contributed by atoms with Gasteiger partial charge >= 0.3 is 0 Å². The van der Waals surface area contributed by atoms with Crippen LogP contribution >= 0.6 is 0 Å². The lowest BCUT2D eigenvalue weighted by molar-refractivity contribution is 0.416. The number of hydrogen-bond donors (Lipinski definition) is 1. The van der Waals surface area contributed by atoms with Crippen molar-refractivity contribution in [2.45, 2.75) is 25.6 Å². The van der Waals surface area contributed by atoms with E-state index in [0.29, 0.717) is 0 Å². The van der Waals surface area contributed by atoms with Gasteiger partial charge in [-0.15, -0.1) is 0 Å². The van der Waals surface area contributed by atoms with Crippen LogP contribution < -0.4 is 5.32 Å². The standard InChI is InChI=1S/C18H20N4/c1-15(17-8-5-9-19-12-17)21-18(13-22-11-10-20-14-22)16-6-3-2-4-7-16/h2-12,14-15,18,21H,13H2,1H3. The Bertz CT molecular complexity index is 665. The van der Waals surface area contributed by atoms with Crippen molar-refractivity contribution >= 4 is 0 Å². The first-order chi connectivity index (χ1) is 10.8. The Labute approximate surface area is 130 Å². The first kappa shape index (κ1) is 14.5. The van der Waals surface area contributed by atoms with Crippen LogP contribution in [0.15, 0.2) is 73.6 Å². The second-order valence-electron chi connectivity index (χ2n) is 5.40. The fourth-order valence-electron chi connectivity index (χ4n) is 2.58. The van der Waals surface area contributed by atoms with E-state index in [1.54, 1.807) is 6.20 Å². The Morgan fingerprint density at radius 2 is 1.82 bits per heavy atom. The molecule has 0 aliphatic carbocycles. The number of nitrogens with one attached hydrogen (secondary N) is 1. The second-order valence-corrected chi connectivity index (χ2v) is 5.40. The van der Waals surface area contributed by atoms with Crippen molar-refractivity contribution in [1.82, 2.24) is 19.9 Å². The average molecular weight is 292 g/mol. The third-order valence-corrected chi connectivity index (χ3v) is 3.79. The van der Waals surface area contributed by atoms with Gasteiger partial charge in [0.2, 0.25) is 0 Å². The number of pyridine rings is 1. The average Bonchev–Trinajstić information content (AvgIpc) is 3.09. The van der Waals surface area contributed by atoms with E-state index in [2.05, 4.69) is 57.1 Å². The molecule has 3 rings (SSSR count). The molecule has 0 amide bonds. The highest BCUT2D eigenvalue weighted by Gasteiger charge is 2.16. The molecule has 22 heavy (non-hydrogen) atoms. The van der Waals surface area contributed by atoms with Crippen molar-refractivity contribution in [2.75, 3.05) is 0 Å². The lowest BCUT2D eigenvalue weighted by atomic mass is 10.0. The number of nitrogens with zero attached hydrogens (tertiary/aromatic N) is 3. The van der Waals surface area contributed by atoms with Gasteiger partial charge in [0.1, 0.15) is 0 Å². The molecule has 1 aromatic carbocycles. The van der Waals surface area contributed by atoms with Crippen molar-refractivity contribution < 1.29 is 0 Å². The van der Waals surface area contributed by atoms with Gasteiger partial charge in [0.25, 0.3) is 0 Å². The zero-order valence-electron chi connectivity index (χ0n) is 12.6. The van der Waals surface area contributed by atoms with Gasteiger partial charge in [-0.25, -0.2) is 4.98 Å². The lowest BCUT2D eigenvalue weighted by Gasteiger charge is -2.24. The SMILES string of the molecule is CC(NC(Cn1ccnc1)c1ccccc1)c1cccnc1. The molecule has 0 aliphatic heterocycles. The van der Waals surface area contributed by atoms with Crippen molar-refractivity contribution in [3.05, 3.63) is 84.7 Å². The molecule has 0 saturated heterocycles. The maximum Gasteiger partial charge on any atom is 0.0946 e. The van der Waals surface area contributed by atoms with Gasteiger partial charge in [0, 0.05) is 37.4 Å². The summed E-state index contributed by atoms with van der Waals surface area (Å²) < 4.78 is 2.10. The largest absolute Gasteiger partial charge is 0.336 e. The van der Waals surface area contributed by atoms with E-state index in [1.807, 2.05) is 37.1 Å². The van der Waals surface area contributed by atoms with Gasteiger partial charge < -0.3 is 9.88 Å². The summed E-state index contributed by atoms with van der Waals surface area (Å²) in [5.41, 5.74) is 2.46. The minimum absolute atomic E-state index is 0.214. The number of imidazole rings is 1. The Morgan fingerprint density at radius 1 is 1.00 bits per heavy atom. The highest BCUT2D eigenvalue weighted by atomic mass is 15.1. The van der Waals surface area contributed by atoms with Crippen molar-refractivity contribution in [2.24, 2.45) is 0 Å². The maximum absolute atomic E-state index is 4.21. The summed E-state index contributed by atoms with van der Waals surface area (Å²) in [7, 11) is 0. The van der Waals surface area contributed by atoms with E-state index < -0.39 is 0 Å². The Kier molecular flexibility index (Phi) is 4.61. The summed E-state index contributed by atoms with van der Waals surface area (Å²) in [5.74, 6) is 0. The van der Waals surface area contributed by atoms with Gasteiger partial charge in [-0.2, -0.15) is 0 Å². The van der Waals surface area contributed by atoms with Crippen LogP contribution in [-0.4, -0.2) is 14.5 Å². The molecule has 2 unspecified atom stereocenters. The van der Waals surface area contributed by atoms with Crippen LogP contribution in [0.4, 0.5) is 0 Å². The third kappa shape index (κ3) is 3.59. The Balaban J connectivity index is 1.79. The van der Waals surface area contributed by atoms with Gasteiger partial charge in [0.15, 0.2) is 0 Å². The first-order valence-electron chi connectivity index (χ1n) is 7.49. The predicted molar refractivity (Wildman–Crippen MR) is 87.2 cm³/mol. The second kappa shape index (κ2) is 7.00. The molecule has 0 radical (unpaired) electrons. The van der Waals surface area contributed by atoms with E-state index in [1.165, 1.54) is 11.1 Å². The fraction of sp³-hybridized carbons (Fsp3) is 0.222. The molecule has 3 aromatic rings. The number of aromatic nitrogens is 3. The molecular formula is C18H20N4. The molecule has 112 valence electrons. The molecule has 0 saturated carbocycles. The lowest BCUT2D eigenvalue weighted by Crippen LogP contribution is -2.28. The first-order valence-corrected chi connectivity index (χ1v) is 7.49. The normalized spacial score (nSPS) is 13.7. The number of benzene rings is 1. The smallest absolute Gasteiger partial charge is 0.0946 e. The molecule has 0 fully saturated rings. The van der Waals surface area contributed by atoms with Gasteiger partial charge in [-0.05, 0) is 24.1 Å². The number of hydrogen-bond acceptors (Lipinski definition) is 3. The van der Waals surface area contributed by atoms with Crippen LogP contribution in [0.3, 0.4) is 0 Å². The molecule has 4 nitrogen and oxygen atoms in total. The fourth-order valence-corrected chi connectivity index (χ4v) is 2.58. The molecule has 2 atom stereocenters. The molecular weight excluding hydrogens is 272 g/mol. The quantitative estimate of drug-likeness (QED) is 0.757. The minimum Gasteiger partial charge on any atom is -0.336 e. The maximum atomic E-state index is 4.21. The topological polar surface area (TPSA) is 42.7 Å². The summed E-state index contributed by atoms with van der Waals surface area (Å²) >= 11 is 0. The van der Waals surface area contributed by atoms with Crippen LogP contribution in [-0.2, 0) is 6.54 Å². The molecule has 0 aliphatic rings. The Hall–Kier alpha value is -2.46. The Morgan fingerprint density at radius 3 is 2.50 bits per heavy atom. The van der Waals surface area contributed by atoms with Crippen LogP contribution in [0.1, 0.15) is 30.1 Å². The molecule has 0 bridgehead atoms. The van der Waals surface area contributed by atoms with Crippen LogP contribution in [0.5, 0.6) is 0 Å². The van der Waals surface area contributed by atoms with Gasteiger partial charge in [-0.1, -0.05) is 36.4 Å². The minimum atomic E-state index is 0.214. The highest BCUT2D eigenvalue weighted by molar-refractivity contribution is 5.20. The van der Waals surface area contributed by atoms with E-state index in [-0.39, 0.29) is 12.1 Å². The van der Waals surface area contributed by atoms with Crippen molar-refractivity contribution in [3.63, 3.8) is 0 Å². The van der Waals surface area contributed by atoms with Crippen LogP contribution in [0.25, 0.3) is 0 Å². The van der Waals surface area contributed by atoms with E-state index >= 15 is 0 Å². The summed E-state index contributed by atoms with van der Waals surface area (Å²) in [6.07, 6.45) is 9.37. The monoisotopic (exact) mass is 292 g/mol. The molecule has 0 spiro atoms. The zero-order valence-corrected chi connectivity index (χ0v) is 12.6. The van der Waals surface area contributed by atoms with Crippen molar-refractivity contribution in [1.29, 1.82) is 0 Å². The third-order valence-electron chi connectivity index (χ3n) is 3.79. The predicted octanol–water partition coefficient (Wildman–Crippen LogP) is 3.37.